The lowest BCUT2D eigenvalue weighted by Crippen LogP contribution is -2.25. The molecule has 1 aliphatic heterocycles. The normalized spacial score (nSPS) is 17.8. The summed E-state index contributed by atoms with van der Waals surface area (Å²) in [4.78, 5) is 12.2. The zero-order valence-corrected chi connectivity index (χ0v) is 10.6. The number of carbonyl (C=O) groups is 1. The fourth-order valence-corrected chi connectivity index (χ4v) is 2.81. The van der Waals surface area contributed by atoms with Gasteiger partial charge in [-0.1, -0.05) is 30.3 Å². The number of hydrogen-bond acceptors (Lipinski definition) is 2. The van der Waals surface area contributed by atoms with Gasteiger partial charge in [0.1, 0.15) is 5.75 Å². The highest BCUT2D eigenvalue weighted by atomic mass is 16.5. The second-order valence-corrected chi connectivity index (χ2v) is 5.26. The van der Waals surface area contributed by atoms with Gasteiger partial charge in [0, 0.05) is 12.8 Å². The maximum absolute atomic E-state index is 12.2. The van der Waals surface area contributed by atoms with E-state index in [9.17, 15) is 4.79 Å². The average molecular weight is 250 g/mol. The first kappa shape index (κ1) is 10.8. The highest BCUT2D eigenvalue weighted by Crippen LogP contribution is 2.39. The summed E-state index contributed by atoms with van der Waals surface area (Å²) in [5.74, 6) is 1.08. The molecule has 1 aromatic rings. The van der Waals surface area contributed by atoms with Crippen LogP contribution >= 0.6 is 0 Å². The van der Waals surface area contributed by atoms with Crippen molar-refractivity contribution in [1.82, 2.24) is 0 Å². The molecule has 0 radical (unpaired) electrons. The lowest BCUT2D eigenvalue weighted by molar-refractivity contribution is -0.125. The Balaban J connectivity index is 1.39. The zero-order valence-electron chi connectivity index (χ0n) is 10.6. The van der Waals surface area contributed by atoms with Crippen LogP contribution in [0.1, 0.15) is 17.5 Å². The molecule has 1 heterocycles. The summed E-state index contributed by atoms with van der Waals surface area (Å²) in [5.41, 5.74) is 5.14. The van der Waals surface area contributed by atoms with E-state index in [1.54, 1.807) is 0 Å². The number of fused-ring (bicyclic) bond motifs is 2. The molecule has 94 valence electrons. The van der Waals surface area contributed by atoms with Gasteiger partial charge in [-0.15, -0.1) is 0 Å². The van der Waals surface area contributed by atoms with Crippen LogP contribution < -0.4 is 4.74 Å². The van der Waals surface area contributed by atoms with Gasteiger partial charge in [0.15, 0.2) is 11.9 Å². The van der Waals surface area contributed by atoms with E-state index in [2.05, 4.69) is 18.2 Å². The molecule has 0 amide bonds. The Morgan fingerprint density at radius 2 is 2.11 bits per heavy atom. The molecule has 0 N–H and O–H groups in total. The van der Waals surface area contributed by atoms with Crippen LogP contribution in [-0.4, -0.2) is 11.9 Å². The summed E-state index contributed by atoms with van der Waals surface area (Å²) < 4.78 is 5.72. The van der Waals surface area contributed by atoms with Gasteiger partial charge < -0.3 is 4.74 Å². The molecule has 0 saturated heterocycles. The Bertz CT molecular complexity index is 648. The summed E-state index contributed by atoms with van der Waals surface area (Å²) in [6.45, 7) is 0. The van der Waals surface area contributed by atoms with Crippen LogP contribution in [0.3, 0.4) is 0 Å². The highest BCUT2D eigenvalue weighted by Gasteiger charge is 2.28. The predicted molar refractivity (Wildman–Crippen MR) is 73.3 cm³/mol. The molecule has 1 atom stereocenters. The average Bonchev–Trinajstić information content (AvgIpc) is 2.92. The Morgan fingerprint density at radius 1 is 1.21 bits per heavy atom. The Morgan fingerprint density at radius 3 is 2.84 bits per heavy atom. The molecule has 19 heavy (non-hydrogen) atoms. The first-order valence-corrected chi connectivity index (χ1v) is 6.72. The van der Waals surface area contributed by atoms with Crippen LogP contribution in [0.4, 0.5) is 0 Å². The van der Waals surface area contributed by atoms with Gasteiger partial charge in [-0.05, 0) is 40.8 Å². The summed E-state index contributed by atoms with van der Waals surface area (Å²) in [6.07, 6.45) is 1.85. The summed E-state index contributed by atoms with van der Waals surface area (Å²) in [5, 5.41) is 0. The molecule has 3 aliphatic rings. The Kier molecular flexibility index (Phi) is 2.25. The number of aryl methyl sites for hydroxylation is 1. The van der Waals surface area contributed by atoms with Crippen molar-refractivity contribution in [3.05, 3.63) is 53.6 Å². The van der Waals surface area contributed by atoms with Crippen LogP contribution in [0.2, 0.25) is 0 Å². The minimum atomic E-state index is -0.278. The van der Waals surface area contributed by atoms with Crippen molar-refractivity contribution in [1.29, 1.82) is 0 Å². The molecule has 0 saturated carbocycles. The van der Waals surface area contributed by atoms with Crippen molar-refractivity contribution in [3.63, 3.8) is 0 Å². The van der Waals surface area contributed by atoms with Crippen molar-refractivity contribution in [2.24, 2.45) is 0 Å². The molecule has 0 fully saturated rings. The lowest BCUT2D eigenvalue weighted by atomic mass is 10.0. The number of rotatable bonds is 4. The van der Waals surface area contributed by atoms with E-state index in [0.29, 0.717) is 6.42 Å². The molecule has 2 nitrogen and oxygen atoms in total. The molecule has 2 aliphatic carbocycles. The third kappa shape index (κ3) is 1.84. The van der Waals surface area contributed by atoms with Gasteiger partial charge in [-0.3, -0.25) is 4.79 Å². The molecule has 4 rings (SSSR count). The van der Waals surface area contributed by atoms with E-state index in [1.807, 2.05) is 24.3 Å². The highest BCUT2D eigenvalue weighted by molar-refractivity contribution is 5.87. The monoisotopic (exact) mass is 250 g/mol. The van der Waals surface area contributed by atoms with E-state index in [0.717, 1.165) is 24.2 Å². The molecular weight excluding hydrogens is 236 g/mol. The Labute approximate surface area is 112 Å². The number of hydrogen-bond donors (Lipinski definition) is 0. The lowest BCUT2D eigenvalue weighted by Gasteiger charge is -2.09. The second kappa shape index (κ2) is 3.95. The van der Waals surface area contributed by atoms with Crippen LogP contribution in [0, 0.1) is 0 Å². The number of ketones is 1. The molecule has 0 aromatic heterocycles. The maximum Gasteiger partial charge on any atom is 0.173 e. The predicted octanol–water partition coefficient (Wildman–Crippen LogP) is 3.17. The number of para-hydroxylation sites is 1. The minimum absolute atomic E-state index is 0.215. The van der Waals surface area contributed by atoms with E-state index in [1.165, 1.54) is 16.7 Å². The van der Waals surface area contributed by atoms with Gasteiger partial charge in [0.05, 0.1) is 0 Å². The zero-order chi connectivity index (χ0) is 12.8. The van der Waals surface area contributed by atoms with Crippen molar-refractivity contribution in [3.8, 4) is 16.9 Å². The topological polar surface area (TPSA) is 26.3 Å². The first-order valence-electron chi connectivity index (χ1n) is 6.72. The Hall–Kier alpha value is -2.09. The van der Waals surface area contributed by atoms with Gasteiger partial charge in [-0.25, -0.2) is 0 Å². The molecule has 2 heteroatoms. The molecule has 0 bridgehead atoms. The second-order valence-electron chi connectivity index (χ2n) is 5.26. The summed E-state index contributed by atoms with van der Waals surface area (Å²) >= 11 is 0. The van der Waals surface area contributed by atoms with Crippen LogP contribution in [0.25, 0.3) is 11.1 Å². The van der Waals surface area contributed by atoms with Crippen LogP contribution in [0.15, 0.2) is 42.5 Å². The van der Waals surface area contributed by atoms with Crippen molar-refractivity contribution >= 4 is 5.78 Å². The molecule has 1 unspecified atom stereocenters. The summed E-state index contributed by atoms with van der Waals surface area (Å²) in [7, 11) is 0. The molecule has 0 spiro atoms. The number of Topliss-reactive ketones (excluding diaryl/α,β-unsaturated/α-hetero) is 1. The smallest absolute Gasteiger partial charge is 0.173 e. The van der Waals surface area contributed by atoms with Gasteiger partial charge >= 0.3 is 0 Å². The fourth-order valence-electron chi connectivity index (χ4n) is 2.81. The van der Waals surface area contributed by atoms with Crippen molar-refractivity contribution < 1.29 is 9.53 Å². The van der Waals surface area contributed by atoms with E-state index < -0.39 is 0 Å². The third-order valence-electron chi connectivity index (χ3n) is 3.98. The largest absolute Gasteiger partial charge is 0.482 e. The number of carbonyl (C=O) groups excluding carboxylic acids is 1. The van der Waals surface area contributed by atoms with E-state index >= 15 is 0 Å². The summed E-state index contributed by atoms with van der Waals surface area (Å²) in [6, 6.07) is 14.3. The van der Waals surface area contributed by atoms with Crippen molar-refractivity contribution in [2.75, 3.05) is 0 Å². The third-order valence-corrected chi connectivity index (χ3v) is 3.98. The van der Waals surface area contributed by atoms with Gasteiger partial charge in [0.2, 0.25) is 0 Å². The van der Waals surface area contributed by atoms with Gasteiger partial charge in [0.25, 0.3) is 0 Å². The fraction of sp³-hybridized carbons (Fsp3) is 0.235. The number of benzene rings is 2. The van der Waals surface area contributed by atoms with Crippen LogP contribution in [-0.2, 0) is 17.6 Å². The number of ether oxygens (including phenoxy) is 1. The quantitative estimate of drug-likeness (QED) is 0.711. The maximum atomic E-state index is 12.2. The van der Waals surface area contributed by atoms with E-state index in [4.69, 9.17) is 4.74 Å². The van der Waals surface area contributed by atoms with E-state index in [-0.39, 0.29) is 11.9 Å². The molecule has 1 aromatic carbocycles. The van der Waals surface area contributed by atoms with Crippen LogP contribution in [0.5, 0.6) is 5.75 Å². The first-order chi connectivity index (χ1) is 9.31. The minimum Gasteiger partial charge on any atom is -0.482 e. The van der Waals surface area contributed by atoms with Crippen molar-refractivity contribution in [2.45, 2.75) is 25.4 Å². The molecular formula is C17H14O2. The standard InChI is InChI=1S/C17H14O2/c18-15(8-7-11-5-6-12-9-14(11)12)17-10-13-3-1-2-4-16(13)19-17/h1-6,9,17H,7-8,10H2. The SMILES string of the molecule is O=C(CCc1ccc2cc1-2)C1Cc2ccccc2O1. The van der Waals surface area contributed by atoms with Gasteiger partial charge in [-0.2, -0.15) is 0 Å².